The number of rotatable bonds is 3. The fourth-order valence-electron chi connectivity index (χ4n) is 1.05. The van der Waals surface area contributed by atoms with Crippen molar-refractivity contribution in [1.82, 2.24) is 4.98 Å². The number of aromatic nitrogens is 1. The minimum absolute atomic E-state index is 0.445. The Morgan fingerprint density at radius 3 is 2.27 bits per heavy atom. The smallest absolute Gasteiger partial charge is 0.0843 e. The van der Waals surface area contributed by atoms with E-state index in [2.05, 4.69) is 32.0 Å². The van der Waals surface area contributed by atoms with Gasteiger partial charge < -0.3 is 0 Å². The van der Waals surface area contributed by atoms with Crippen molar-refractivity contribution in [3.63, 3.8) is 0 Å². The monoisotopic (exact) mass is 223 g/mol. The molecule has 1 aromatic rings. The van der Waals surface area contributed by atoms with E-state index in [0.717, 1.165) is 16.8 Å². The molecule has 0 fully saturated rings. The first-order valence-corrected chi connectivity index (χ1v) is 6.20. The Morgan fingerprint density at radius 2 is 1.87 bits per heavy atom. The molecule has 0 atom stereocenters. The zero-order valence-corrected chi connectivity index (χ0v) is 11.2. The summed E-state index contributed by atoms with van der Waals surface area (Å²) < 4.78 is 0. The van der Waals surface area contributed by atoms with E-state index in [-0.39, 0.29) is 0 Å². The van der Waals surface area contributed by atoms with Crippen LogP contribution in [0.5, 0.6) is 0 Å². The maximum Gasteiger partial charge on any atom is 0.0843 e. The van der Waals surface area contributed by atoms with E-state index >= 15 is 0 Å². The highest BCUT2D eigenvalue weighted by Gasteiger charge is 2.12. The van der Waals surface area contributed by atoms with Gasteiger partial charge in [-0.15, -0.1) is 11.3 Å². The van der Waals surface area contributed by atoms with E-state index in [9.17, 15) is 0 Å². The van der Waals surface area contributed by atoms with Gasteiger partial charge >= 0.3 is 0 Å². The zero-order chi connectivity index (χ0) is 12.0. The van der Waals surface area contributed by atoms with Gasteiger partial charge in [-0.1, -0.05) is 40.9 Å². The molecule has 15 heavy (non-hydrogen) atoms. The summed E-state index contributed by atoms with van der Waals surface area (Å²) in [7, 11) is 0. The molecule has 0 radical (unpaired) electrons. The molecule has 1 heterocycles. The van der Waals surface area contributed by atoms with E-state index in [1.807, 2.05) is 26.3 Å². The molecule has 1 nitrogen and oxygen atoms in total. The van der Waals surface area contributed by atoms with Crippen LogP contribution in [0.2, 0.25) is 0 Å². The molecule has 0 aliphatic carbocycles. The summed E-state index contributed by atoms with van der Waals surface area (Å²) in [5.74, 6) is 0.445. The normalized spacial score (nSPS) is 9.47. The summed E-state index contributed by atoms with van der Waals surface area (Å²) in [5.41, 5.74) is 5.04. The Morgan fingerprint density at radius 1 is 1.33 bits per heavy atom. The van der Waals surface area contributed by atoms with Crippen LogP contribution < -0.4 is 0 Å². The summed E-state index contributed by atoms with van der Waals surface area (Å²) in [6.07, 6.45) is 0. The second-order valence-electron chi connectivity index (χ2n) is 3.49. The van der Waals surface area contributed by atoms with Crippen LogP contribution in [0.3, 0.4) is 0 Å². The molecule has 0 N–H and O–H groups in total. The minimum atomic E-state index is 0.445. The fraction of sp³-hybridized carbons (Fsp3) is 0.462. The molecule has 0 saturated heterocycles. The van der Waals surface area contributed by atoms with Gasteiger partial charge in [0.1, 0.15) is 0 Å². The molecule has 0 unspecified atom stereocenters. The predicted octanol–water partition coefficient (Wildman–Crippen LogP) is 4.87. The highest BCUT2D eigenvalue weighted by Crippen LogP contribution is 2.29. The van der Waals surface area contributed by atoms with Gasteiger partial charge in [0.2, 0.25) is 0 Å². The number of hydrogen-bond acceptors (Lipinski definition) is 2. The third kappa shape index (κ3) is 3.63. The van der Waals surface area contributed by atoms with E-state index in [1.54, 1.807) is 11.3 Å². The molecular weight excluding hydrogens is 202 g/mol. The van der Waals surface area contributed by atoms with Crippen molar-refractivity contribution < 1.29 is 0 Å². The first kappa shape index (κ1) is 14.1. The quantitative estimate of drug-likeness (QED) is 0.712. The Labute approximate surface area is 97.6 Å². The SMILES string of the molecule is C=C(C)c1scnc1C(=C)C(C)C.CC. The lowest BCUT2D eigenvalue weighted by molar-refractivity contribution is 0.852. The molecule has 2 heteroatoms. The van der Waals surface area contributed by atoms with Crippen LogP contribution >= 0.6 is 11.3 Å². The van der Waals surface area contributed by atoms with E-state index < -0.39 is 0 Å². The minimum Gasteiger partial charge on any atom is -0.244 e. The van der Waals surface area contributed by atoms with Crippen LogP contribution in [0.25, 0.3) is 11.1 Å². The molecule has 0 aliphatic heterocycles. The number of nitrogens with zero attached hydrogens (tertiary/aromatic N) is 1. The molecule has 0 bridgehead atoms. The van der Waals surface area contributed by atoms with E-state index in [1.165, 1.54) is 4.88 Å². The number of hydrogen-bond donors (Lipinski definition) is 0. The van der Waals surface area contributed by atoms with Crippen LogP contribution in [-0.4, -0.2) is 4.98 Å². The highest BCUT2D eigenvalue weighted by atomic mass is 32.1. The average molecular weight is 223 g/mol. The highest BCUT2D eigenvalue weighted by molar-refractivity contribution is 7.11. The molecule has 0 aromatic carbocycles. The van der Waals surface area contributed by atoms with Gasteiger partial charge in [0.05, 0.1) is 16.1 Å². The average Bonchev–Trinajstić information content (AvgIpc) is 2.68. The number of allylic oxidation sites excluding steroid dienone is 2. The second-order valence-corrected chi connectivity index (χ2v) is 4.35. The third-order valence-electron chi connectivity index (χ3n) is 1.96. The molecule has 0 spiro atoms. The molecule has 0 aliphatic rings. The van der Waals surface area contributed by atoms with Gasteiger partial charge in [-0.3, -0.25) is 0 Å². The van der Waals surface area contributed by atoms with Gasteiger partial charge in [-0.25, -0.2) is 4.98 Å². The molecule has 84 valence electrons. The van der Waals surface area contributed by atoms with Gasteiger partial charge in [-0.05, 0) is 24.0 Å². The first-order valence-electron chi connectivity index (χ1n) is 5.32. The van der Waals surface area contributed by atoms with Gasteiger partial charge in [-0.2, -0.15) is 0 Å². The lowest BCUT2D eigenvalue weighted by Crippen LogP contribution is -1.94. The predicted molar refractivity (Wildman–Crippen MR) is 72.0 cm³/mol. The lowest BCUT2D eigenvalue weighted by Gasteiger charge is -2.08. The zero-order valence-electron chi connectivity index (χ0n) is 10.4. The Hall–Kier alpha value is -0.890. The van der Waals surface area contributed by atoms with E-state index in [4.69, 9.17) is 0 Å². The van der Waals surface area contributed by atoms with E-state index in [0.29, 0.717) is 5.92 Å². The van der Waals surface area contributed by atoms with Crippen molar-refractivity contribution in [2.45, 2.75) is 34.6 Å². The Bertz CT molecular complexity index is 334. The largest absolute Gasteiger partial charge is 0.244 e. The molecule has 1 rings (SSSR count). The molecule has 0 saturated carbocycles. The fourth-order valence-corrected chi connectivity index (χ4v) is 1.81. The van der Waals surface area contributed by atoms with Crippen molar-refractivity contribution in [3.05, 3.63) is 29.2 Å². The van der Waals surface area contributed by atoms with Crippen LogP contribution in [-0.2, 0) is 0 Å². The topological polar surface area (TPSA) is 12.9 Å². The van der Waals surface area contributed by atoms with Crippen molar-refractivity contribution in [2.24, 2.45) is 5.92 Å². The summed E-state index contributed by atoms with van der Waals surface area (Å²) in [4.78, 5) is 5.48. The Balaban J connectivity index is 0.000000921. The van der Waals surface area contributed by atoms with Crippen LogP contribution in [0.15, 0.2) is 18.7 Å². The van der Waals surface area contributed by atoms with Gasteiger partial charge in [0.15, 0.2) is 0 Å². The summed E-state index contributed by atoms with van der Waals surface area (Å²) >= 11 is 1.63. The van der Waals surface area contributed by atoms with Crippen molar-refractivity contribution >= 4 is 22.5 Å². The summed E-state index contributed by atoms with van der Waals surface area (Å²) in [6, 6.07) is 0. The lowest BCUT2D eigenvalue weighted by atomic mass is 10.00. The maximum atomic E-state index is 4.32. The molecular formula is C13H21NS. The van der Waals surface area contributed by atoms with Crippen LogP contribution in [0.1, 0.15) is 45.2 Å². The molecule has 1 aromatic heterocycles. The standard InChI is InChI=1S/C11H15NS.C2H6/c1-7(2)9(5)10-11(8(3)4)13-6-12-10;1-2/h6-7H,3,5H2,1-2,4H3;1-2H3. The van der Waals surface area contributed by atoms with Gasteiger partial charge in [0.25, 0.3) is 0 Å². The summed E-state index contributed by atoms with van der Waals surface area (Å²) in [6.45, 7) is 18.2. The molecule has 0 amide bonds. The van der Waals surface area contributed by atoms with Gasteiger partial charge in [0, 0.05) is 0 Å². The van der Waals surface area contributed by atoms with Crippen molar-refractivity contribution in [1.29, 1.82) is 0 Å². The Kier molecular flexibility index (Phi) is 6.18. The maximum absolute atomic E-state index is 4.32. The summed E-state index contributed by atoms with van der Waals surface area (Å²) in [5, 5.41) is 0. The van der Waals surface area contributed by atoms with Crippen molar-refractivity contribution in [2.75, 3.05) is 0 Å². The first-order chi connectivity index (χ1) is 7.04. The van der Waals surface area contributed by atoms with Crippen LogP contribution in [0.4, 0.5) is 0 Å². The van der Waals surface area contributed by atoms with Crippen molar-refractivity contribution in [3.8, 4) is 0 Å². The second kappa shape index (κ2) is 6.57. The number of thiazole rings is 1. The van der Waals surface area contributed by atoms with Crippen LogP contribution in [0, 0.1) is 5.92 Å². The third-order valence-corrected chi connectivity index (χ3v) is 2.94.